The Labute approximate surface area is 101 Å². The number of aliphatic imine (C=N–C) groups is 1. The van der Waals surface area contributed by atoms with Crippen LogP contribution in [0.4, 0.5) is 11.4 Å². The summed E-state index contributed by atoms with van der Waals surface area (Å²) < 4.78 is 0. The van der Waals surface area contributed by atoms with Crippen molar-refractivity contribution in [1.82, 2.24) is 5.32 Å². The zero-order valence-corrected chi connectivity index (χ0v) is 9.82. The van der Waals surface area contributed by atoms with Gasteiger partial charge in [-0.05, 0) is 31.0 Å². The Morgan fingerprint density at radius 1 is 1.12 bits per heavy atom. The fraction of sp³-hybridized carbons (Fsp3) is 0.462. The molecule has 1 heterocycles. The minimum atomic E-state index is 0.456. The van der Waals surface area contributed by atoms with E-state index in [-0.39, 0.29) is 0 Å². The number of nitrogens with two attached hydrogens (primary N) is 2. The van der Waals surface area contributed by atoms with Crippen molar-refractivity contribution in [2.75, 3.05) is 11.5 Å². The maximum Gasteiger partial charge on any atom is 0.128 e. The van der Waals surface area contributed by atoms with Gasteiger partial charge in [-0.25, -0.2) is 0 Å². The molecule has 1 aromatic rings. The molecule has 0 unspecified atom stereocenters. The molecule has 4 nitrogen and oxygen atoms in total. The molecule has 5 N–H and O–H groups in total. The summed E-state index contributed by atoms with van der Waals surface area (Å²) in [6.45, 7) is 0. The molecule has 3 rings (SSSR count). The first-order valence-electron chi connectivity index (χ1n) is 6.24. The highest BCUT2D eigenvalue weighted by atomic mass is 15.1. The predicted octanol–water partition coefficient (Wildman–Crippen LogP) is 1.51. The maximum atomic E-state index is 5.83. The van der Waals surface area contributed by atoms with E-state index in [4.69, 9.17) is 16.5 Å². The zero-order valence-electron chi connectivity index (χ0n) is 9.82. The fourth-order valence-corrected chi connectivity index (χ4v) is 2.69. The van der Waals surface area contributed by atoms with Gasteiger partial charge in [-0.15, -0.1) is 0 Å². The number of nitrogens with zero attached hydrogens (tertiary/aromatic N) is 1. The Morgan fingerprint density at radius 2 is 1.94 bits per heavy atom. The van der Waals surface area contributed by atoms with Gasteiger partial charge < -0.3 is 16.8 Å². The number of hydrogen-bond acceptors (Lipinski definition) is 4. The van der Waals surface area contributed by atoms with Crippen LogP contribution in [0.1, 0.15) is 31.2 Å². The number of nitrogens with one attached hydrogen (secondary N) is 1. The fourth-order valence-electron chi connectivity index (χ4n) is 2.69. The number of nitrogen functional groups attached to an aromatic ring is 2. The third kappa shape index (κ3) is 1.84. The summed E-state index contributed by atoms with van der Waals surface area (Å²) >= 11 is 0. The Morgan fingerprint density at radius 3 is 2.71 bits per heavy atom. The summed E-state index contributed by atoms with van der Waals surface area (Å²) in [5.74, 6) is 0.980. The first-order valence-corrected chi connectivity index (χ1v) is 6.24. The molecule has 17 heavy (non-hydrogen) atoms. The minimum Gasteiger partial charge on any atom is -0.397 e. The number of benzene rings is 1. The quantitative estimate of drug-likeness (QED) is 0.640. The lowest BCUT2D eigenvalue weighted by atomic mass is 9.92. The van der Waals surface area contributed by atoms with Crippen LogP contribution >= 0.6 is 0 Å². The van der Waals surface area contributed by atoms with E-state index in [1.807, 2.05) is 18.2 Å². The van der Waals surface area contributed by atoms with Crippen LogP contribution in [-0.2, 0) is 0 Å². The molecule has 0 saturated heterocycles. The average Bonchev–Trinajstić information content (AvgIpc) is 2.76. The predicted molar refractivity (Wildman–Crippen MR) is 71.0 cm³/mol. The average molecular weight is 230 g/mol. The van der Waals surface area contributed by atoms with E-state index >= 15 is 0 Å². The van der Waals surface area contributed by atoms with E-state index in [1.165, 1.54) is 25.7 Å². The smallest absolute Gasteiger partial charge is 0.128 e. The molecule has 2 aliphatic rings. The summed E-state index contributed by atoms with van der Waals surface area (Å²) in [6.07, 6.45) is 5.03. The second-order valence-electron chi connectivity index (χ2n) is 4.92. The van der Waals surface area contributed by atoms with E-state index in [0.29, 0.717) is 23.5 Å². The summed E-state index contributed by atoms with van der Waals surface area (Å²) in [4.78, 5) is 4.76. The molecular formula is C13H18N4. The Kier molecular flexibility index (Phi) is 2.42. The van der Waals surface area contributed by atoms with Crippen LogP contribution in [0.2, 0.25) is 0 Å². The van der Waals surface area contributed by atoms with Crippen molar-refractivity contribution in [2.45, 2.75) is 37.8 Å². The van der Waals surface area contributed by atoms with Gasteiger partial charge in [0.2, 0.25) is 0 Å². The normalized spacial score (nSPS) is 27.2. The van der Waals surface area contributed by atoms with Gasteiger partial charge in [0.05, 0.1) is 17.4 Å². The summed E-state index contributed by atoms with van der Waals surface area (Å²) in [5, 5.41) is 3.51. The highest BCUT2D eigenvalue weighted by molar-refractivity contribution is 6.01. The molecule has 1 saturated carbocycles. The molecule has 0 spiro atoms. The molecule has 0 amide bonds. The van der Waals surface area contributed by atoms with E-state index in [0.717, 1.165) is 11.4 Å². The van der Waals surface area contributed by atoms with Gasteiger partial charge in [-0.1, -0.05) is 12.8 Å². The molecule has 4 heteroatoms. The molecule has 1 fully saturated rings. The SMILES string of the molecule is Nc1ccc(C2=N[C@H]3CCCC[C@@H]3N2)cc1N. The summed E-state index contributed by atoms with van der Waals surface area (Å²) in [5.41, 5.74) is 13.8. The van der Waals surface area contributed by atoms with Gasteiger partial charge in [-0.2, -0.15) is 0 Å². The lowest BCUT2D eigenvalue weighted by Crippen LogP contribution is -2.37. The van der Waals surface area contributed by atoms with Crippen LogP contribution in [-0.4, -0.2) is 17.9 Å². The van der Waals surface area contributed by atoms with Gasteiger partial charge in [0.25, 0.3) is 0 Å². The Bertz CT molecular complexity index is 466. The molecule has 90 valence electrons. The molecule has 0 bridgehead atoms. The Balaban J connectivity index is 1.87. The summed E-state index contributed by atoms with van der Waals surface area (Å²) in [7, 11) is 0. The second kappa shape index (κ2) is 3.95. The number of amidine groups is 1. The number of fused-ring (bicyclic) bond motifs is 1. The van der Waals surface area contributed by atoms with Crippen LogP contribution in [0, 0.1) is 0 Å². The van der Waals surface area contributed by atoms with Crippen molar-refractivity contribution in [1.29, 1.82) is 0 Å². The number of hydrogen-bond donors (Lipinski definition) is 3. The Hall–Kier alpha value is -1.71. The standard InChI is InChI=1S/C13H18N4/c14-9-6-5-8(7-10(9)15)13-16-11-3-1-2-4-12(11)17-13/h5-7,11-12H,1-4,14-15H2,(H,16,17)/t11-,12-/m0/s1. The third-order valence-corrected chi connectivity index (χ3v) is 3.71. The summed E-state index contributed by atoms with van der Waals surface area (Å²) in [6, 6.07) is 6.71. The molecule has 1 aliphatic carbocycles. The van der Waals surface area contributed by atoms with Gasteiger partial charge in [0.15, 0.2) is 0 Å². The molecule has 1 aliphatic heterocycles. The minimum absolute atomic E-state index is 0.456. The largest absolute Gasteiger partial charge is 0.397 e. The zero-order chi connectivity index (χ0) is 11.8. The van der Waals surface area contributed by atoms with Crippen LogP contribution < -0.4 is 16.8 Å². The van der Waals surface area contributed by atoms with Gasteiger partial charge >= 0.3 is 0 Å². The molecule has 1 aromatic carbocycles. The van der Waals surface area contributed by atoms with Crippen molar-refractivity contribution >= 4 is 17.2 Å². The first kappa shape index (κ1) is 10.4. The van der Waals surface area contributed by atoms with E-state index in [2.05, 4.69) is 5.32 Å². The number of rotatable bonds is 1. The van der Waals surface area contributed by atoms with Crippen LogP contribution in [0.5, 0.6) is 0 Å². The number of anilines is 2. The second-order valence-corrected chi connectivity index (χ2v) is 4.92. The van der Waals surface area contributed by atoms with Gasteiger partial charge in [-0.3, -0.25) is 4.99 Å². The monoisotopic (exact) mass is 230 g/mol. The highest BCUT2D eigenvalue weighted by Crippen LogP contribution is 2.27. The van der Waals surface area contributed by atoms with E-state index < -0.39 is 0 Å². The van der Waals surface area contributed by atoms with Crippen molar-refractivity contribution in [3.63, 3.8) is 0 Å². The van der Waals surface area contributed by atoms with E-state index in [1.54, 1.807) is 0 Å². The first-order chi connectivity index (χ1) is 8.24. The van der Waals surface area contributed by atoms with Crippen molar-refractivity contribution in [2.24, 2.45) is 4.99 Å². The lowest BCUT2D eigenvalue weighted by Gasteiger charge is -2.23. The van der Waals surface area contributed by atoms with Crippen LogP contribution in [0.25, 0.3) is 0 Å². The van der Waals surface area contributed by atoms with Crippen molar-refractivity contribution in [3.8, 4) is 0 Å². The van der Waals surface area contributed by atoms with E-state index in [9.17, 15) is 0 Å². The van der Waals surface area contributed by atoms with Gasteiger partial charge in [0.1, 0.15) is 5.84 Å². The van der Waals surface area contributed by atoms with Gasteiger partial charge in [0, 0.05) is 11.6 Å². The van der Waals surface area contributed by atoms with Crippen LogP contribution in [0.15, 0.2) is 23.2 Å². The van der Waals surface area contributed by atoms with Crippen molar-refractivity contribution < 1.29 is 0 Å². The molecule has 0 radical (unpaired) electrons. The third-order valence-electron chi connectivity index (χ3n) is 3.71. The maximum absolute atomic E-state index is 5.83. The molecular weight excluding hydrogens is 212 g/mol. The topological polar surface area (TPSA) is 76.4 Å². The van der Waals surface area contributed by atoms with Crippen molar-refractivity contribution in [3.05, 3.63) is 23.8 Å². The van der Waals surface area contributed by atoms with Crippen LogP contribution in [0.3, 0.4) is 0 Å². The highest BCUT2D eigenvalue weighted by Gasteiger charge is 2.31. The lowest BCUT2D eigenvalue weighted by molar-refractivity contribution is 0.385. The molecule has 2 atom stereocenters. The molecule has 0 aromatic heterocycles.